The van der Waals surface area contributed by atoms with Crippen molar-refractivity contribution in [2.45, 2.75) is 25.9 Å². The second-order valence-electron chi connectivity index (χ2n) is 4.72. The lowest BCUT2D eigenvalue weighted by atomic mass is 10.1. The fourth-order valence-corrected chi connectivity index (χ4v) is 1.61. The predicted octanol–water partition coefficient (Wildman–Crippen LogP) is 2.83. The number of hydrogen-bond acceptors (Lipinski definition) is 2. The van der Waals surface area contributed by atoms with Crippen molar-refractivity contribution in [2.24, 2.45) is 4.99 Å². The van der Waals surface area contributed by atoms with Crippen LogP contribution < -0.4 is 5.32 Å². The topological polar surface area (TPSA) is 27.6 Å². The van der Waals surface area contributed by atoms with Gasteiger partial charge in [-0.05, 0) is 19.4 Å². The Kier molecular flexibility index (Phi) is 5.59. The summed E-state index contributed by atoms with van der Waals surface area (Å²) < 4.78 is 0. The van der Waals surface area contributed by atoms with E-state index in [9.17, 15) is 0 Å². The van der Waals surface area contributed by atoms with Crippen molar-refractivity contribution < 1.29 is 0 Å². The van der Waals surface area contributed by atoms with Gasteiger partial charge >= 0.3 is 0 Å². The number of rotatable bonds is 6. The second-order valence-corrected chi connectivity index (χ2v) is 4.72. The van der Waals surface area contributed by atoms with Crippen LogP contribution in [-0.2, 0) is 0 Å². The number of hydrogen-bond donors (Lipinski definition) is 1. The Bertz CT molecular complexity index is 395. The van der Waals surface area contributed by atoms with Crippen LogP contribution in [0.25, 0.3) is 0 Å². The molecule has 0 radical (unpaired) electrons. The average Bonchev–Trinajstić information content (AvgIpc) is 2.36. The van der Waals surface area contributed by atoms with Gasteiger partial charge in [0.15, 0.2) is 0 Å². The highest BCUT2D eigenvalue weighted by Crippen LogP contribution is 2.14. The minimum Gasteiger partial charge on any atom is -0.369 e. The van der Waals surface area contributed by atoms with Gasteiger partial charge in [-0.25, -0.2) is 4.99 Å². The summed E-state index contributed by atoms with van der Waals surface area (Å²) in [5, 5.41) is 3.49. The van der Waals surface area contributed by atoms with Gasteiger partial charge in [-0.3, -0.25) is 0 Å². The summed E-state index contributed by atoms with van der Waals surface area (Å²) in [6.07, 6.45) is 1.77. The summed E-state index contributed by atoms with van der Waals surface area (Å²) >= 11 is 0. The van der Waals surface area contributed by atoms with Gasteiger partial charge in [0, 0.05) is 26.2 Å². The molecule has 98 valence electrons. The fourth-order valence-electron chi connectivity index (χ4n) is 1.61. The maximum Gasteiger partial charge on any atom is 0.0903 e. The second kappa shape index (κ2) is 6.97. The first-order chi connectivity index (χ1) is 8.50. The highest BCUT2D eigenvalue weighted by molar-refractivity contribution is 5.55. The molecule has 0 amide bonds. The van der Waals surface area contributed by atoms with E-state index in [1.807, 2.05) is 25.1 Å². The largest absolute Gasteiger partial charge is 0.369 e. The van der Waals surface area contributed by atoms with Gasteiger partial charge in [-0.15, -0.1) is 0 Å². The molecule has 2 atom stereocenters. The first-order valence-electron chi connectivity index (χ1n) is 6.21. The highest BCUT2D eigenvalue weighted by atomic mass is 15.1. The molecule has 1 rings (SSSR count). The third-order valence-corrected chi connectivity index (χ3v) is 2.75. The minimum atomic E-state index is 0.149. The minimum absolute atomic E-state index is 0.149. The molecule has 0 heterocycles. The molecule has 0 aromatic heterocycles. The van der Waals surface area contributed by atoms with Crippen LogP contribution in [0, 0.1) is 0 Å². The van der Waals surface area contributed by atoms with Crippen molar-refractivity contribution in [3.05, 3.63) is 48.2 Å². The van der Waals surface area contributed by atoms with E-state index < -0.39 is 0 Å². The number of aliphatic imine (C=N–C) groups is 1. The summed E-state index contributed by atoms with van der Waals surface area (Å²) in [7, 11) is 3.89. The summed E-state index contributed by atoms with van der Waals surface area (Å²) in [6, 6.07) is 10.8. The van der Waals surface area contributed by atoms with Crippen LogP contribution in [0.2, 0.25) is 0 Å². The summed E-state index contributed by atoms with van der Waals surface area (Å²) in [4.78, 5) is 6.22. The molecule has 1 N–H and O–H groups in total. The van der Waals surface area contributed by atoms with Crippen LogP contribution in [0.15, 0.2) is 47.6 Å². The predicted molar refractivity (Wildman–Crippen MR) is 78.8 cm³/mol. The van der Waals surface area contributed by atoms with E-state index in [0.29, 0.717) is 0 Å². The molecular formula is C15H23N3. The molecule has 18 heavy (non-hydrogen) atoms. The molecule has 0 aliphatic heterocycles. The van der Waals surface area contributed by atoms with Gasteiger partial charge in [0.05, 0.1) is 12.0 Å². The highest BCUT2D eigenvalue weighted by Gasteiger charge is 2.10. The molecule has 3 nitrogen and oxygen atoms in total. The monoisotopic (exact) mass is 245 g/mol. The molecule has 3 heteroatoms. The van der Waals surface area contributed by atoms with Gasteiger partial charge in [0.2, 0.25) is 0 Å². The molecular weight excluding hydrogens is 222 g/mol. The number of benzene rings is 1. The SMILES string of the molecule is C=C(N=CN(C)C)C(C)NC(C)c1ccccc1. The first-order valence-corrected chi connectivity index (χ1v) is 6.21. The van der Waals surface area contributed by atoms with E-state index in [0.717, 1.165) is 5.70 Å². The van der Waals surface area contributed by atoms with E-state index in [4.69, 9.17) is 0 Å². The Morgan fingerprint density at radius 3 is 2.44 bits per heavy atom. The van der Waals surface area contributed by atoms with E-state index in [-0.39, 0.29) is 12.1 Å². The Labute approximate surface area is 110 Å². The standard InChI is InChI=1S/C15H23N3/c1-12(16-11-18(4)5)13(2)17-14(3)15-9-7-6-8-10-15/h6-11,13-14,17H,1H2,2-5H3. The average molecular weight is 245 g/mol. The third kappa shape index (κ3) is 4.72. The zero-order valence-electron chi connectivity index (χ0n) is 11.7. The van der Waals surface area contributed by atoms with Crippen LogP contribution in [0.1, 0.15) is 25.5 Å². The molecule has 1 aromatic carbocycles. The van der Waals surface area contributed by atoms with Crippen LogP contribution in [-0.4, -0.2) is 31.4 Å². The molecule has 0 saturated carbocycles. The number of nitrogens with zero attached hydrogens (tertiary/aromatic N) is 2. The van der Waals surface area contributed by atoms with Crippen LogP contribution >= 0.6 is 0 Å². The molecule has 0 aliphatic carbocycles. The van der Waals surface area contributed by atoms with Crippen LogP contribution in [0.5, 0.6) is 0 Å². The Morgan fingerprint density at radius 2 is 1.89 bits per heavy atom. The smallest absolute Gasteiger partial charge is 0.0903 e. The lowest BCUT2D eigenvalue weighted by molar-refractivity contribution is 0.518. The van der Waals surface area contributed by atoms with Crippen molar-refractivity contribution in [2.75, 3.05) is 14.1 Å². The molecule has 0 saturated heterocycles. The lowest BCUT2D eigenvalue weighted by Crippen LogP contribution is -2.30. The maximum atomic E-state index is 4.31. The van der Waals surface area contributed by atoms with Crippen molar-refractivity contribution >= 4 is 6.34 Å². The zero-order valence-corrected chi connectivity index (χ0v) is 11.7. The zero-order chi connectivity index (χ0) is 13.5. The van der Waals surface area contributed by atoms with Crippen molar-refractivity contribution in [1.82, 2.24) is 10.2 Å². The maximum absolute atomic E-state index is 4.31. The van der Waals surface area contributed by atoms with Gasteiger partial charge in [-0.2, -0.15) is 0 Å². The van der Waals surface area contributed by atoms with E-state index in [1.165, 1.54) is 5.56 Å². The molecule has 1 aromatic rings. The van der Waals surface area contributed by atoms with E-state index >= 15 is 0 Å². The van der Waals surface area contributed by atoms with Crippen molar-refractivity contribution in [3.63, 3.8) is 0 Å². The first kappa shape index (κ1) is 14.5. The van der Waals surface area contributed by atoms with Gasteiger partial charge in [0.1, 0.15) is 0 Å². The molecule has 0 aliphatic rings. The Morgan fingerprint density at radius 1 is 1.28 bits per heavy atom. The van der Waals surface area contributed by atoms with Gasteiger partial charge in [0.25, 0.3) is 0 Å². The van der Waals surface area contributed by atoms with Crippen LogP contribution in [0.4, 0.5) is 0 Å². The summed E-state index contributed by atoms with van der Waals surface area (Å²) in [5.74, 6) is 0. The summed E-state index contributed by atoms with van der Waals surface area (Å²) in [6.45, 7) is 8.21. The molecule has 0 bridgehead atoms. The molecule has 0 fully saturated rings. The van der Waals surface area contributed by atoms with E-state index in [2.05, 4.69) is 55.0 Å². The van der Waals surface area contributed by atoms with Crippen molar-refractivity contribution in [1.29, 1.82) is 0 Å². The Hall–Kier alpha value is -1.61. The Balaban J connectivity index is 2.54. The van der Waals surface area contributed by atoms with Gasteiger partial charge < -0.3 is 10.2 Å². The van der Waals surface area contributed by atoms with E-state index in [1.54, 1.807) is 6.34 Å². The molecule has 2 unspecified atom stereocenters. The normalized spacial score (nSPS) is 14.4. The van der Waals surface area contributed by atoms with Crippen LogP contribution in [0.3, 0.4) is 0 Å². The fraction of sp³-hybridized carbons (Fsp3) is 0.400. The van der Waals surface area contributed by atoms with Gasteiger partial charge in [-0.1, -0.05) is 36.9 Å². The molecule has 0 spiro atoms. The number of nitrogens with one attached hydrogen (secondary N) is 1. The lowest BCUT2D eigenvalue weighted by Gasteiger charge is -2.20. The quantitative estimate of drug-likeness (QED) is 0.616. The summed E-state index contributed by atoms with van der Waals surface area (Å²) in [5.41, 5.74) is 2.11. The third-order valence-electron chi connectivity index (χ3n) is 2.75. The van der Waals surface area contributed by atoms with Crippen molar-refractivity contribution in [3.8, 4) is 0 Å².